The molecule has 3 aromatic carbocycles. The van der Waals surface area contributed by atoms with Gasteiger partial charge in [0.1, 0.15) is 5.75 Å². The van der Waals surface area contributed by atoms with E-state index in [0.717, 1.165) is 24.0 Å². The van der Waals surface area contributed by atoms with E-state index in [4.69, 9.17) is 27.9 Å². The predicted octanol–water partition coefficient (Wildman–Crippen LogP) is 7.80. The number of rotatable bonds is 13. The van der Waals surface area contributed by atoms with E-state index in [9.17, 15) is 22.2 Å². The number of benzene rings is 3. The van der Waals surface area contributed by atoms with E-state index in [1.807, 2.05) is 48.5 Å². The fourth-order valence-corrected chi connectivity index (χ4v) is 5.08. The molecule has 0 fully saturated rings. The summed E-state index contributed by atoms with van der Waals surface area (Å²) in [6, 6.07) is 22.0. The van der Waals surface area contributed by atoms with Crippen LogP contribution in [0.4, 0.5) is 13.2 Å². The highest BCUT2D eigenvalue weighted by Gasteiger charge is 2.37. The topological polar surface area (TPSA) is 43.4 Å². The van der Waals surface area contributed by atoms with Crippen molar-refractivity contribution in [1.29, 1.82) is 0 Å². The zero-order valence-electron chi connectivity index (χ0n) is 20.0. The van der Waals surface area contributed by atoms with Crippen molar-refractivity contribution >= 4 is 39.8 Å². The molecule has 3 rings (SSSR count). The smallest absolute Gasteiger partial charge is 0.449 e. The molecule has 0 aliphatic rings. The lowest BCUT2D eigenvalue weighted by atomic mass is 9.88. The summed E-state index contributed by atoms with van der Waals surface area (Å²) in [6.07, 6.45) is -3.80. The zero-order chi connectivity index (χ0) is 26.8. The summed E-state index contributed by atoms with van der Waals surface area (Å²) in [7, 11) is -1.06. The zero-order valence-corrected chi connectivity index (χ0v) is 22.3. The fraction of sp³-hybridized carbons (Fsp3) is 0.321. The van der Waals surface area contributed by atoms with Crippen LogP contribution in [0.25, 0.3) is 0 Å². The first kappa shape index (κ1) is 29.2. The van der Waals surface area contributed by atoms with Crippen molar-refractivity contribution in [2.24, 2.45) is 0 Å². The van der Waals surface area contributed by atoms with Crippen molar-refractivity contribution in [2.45, 2.75) is 37.8 Å². The molecular weight excluding hydrogens is 544 g/mol. The quantitative estimate of drug-likeness (QED) is 0.210. The fourth-order valence-electron chi connectivity index (χ4n) is 3.87. The summed E-state index contributed by atoms with van der Waals surface area (Å²) in [6.45, 7) is 0.260. The summed E-state index contributed by atoms with van der Waals surface area (Å²) >= 11 is 12.1. The Hall–Kier alpha value is -2.35. The third kappa shape index (κ3) is 9.80. The Balaban J connectivity index is 1.43. The molecule has 0 amide bonds. The molecule has 0 N–H and O–H groups in total. The van der Waals surface area contributed by atoms with Crippen LogP contribution < -0.4 is 4.74 Å². The second-order valence-corrected chi connectivity index (χ2v) is 11.1. The van der Waals surface area contributed by atoms with Crippen LogP contribution in [0.15, 0.2) is 72.8 Å². The maximum Gasteiger partial charge on any atom is 0.449 e. The van der Waals surface area contributed by atoms with Gasteiger partial charge in [0.25, 0.3) is 0 Å². The lowest BCUT2D eigenvalue weighted by Crippen LogP contribution is -2.22. The van der Waals surface area contributed by atoms with Crippen LogP contribution in [0, 0.1) is 0 Å². The molecule has 0 saturated carbocycles. The first-order valence-electron chi connectivity index (χ1n) is 11.8. The minimum atomic E-state index is -4.80. The molecule has 0 saturated heterocycles. The van der Waals surface area contributed by atoms with Gasteiger partial charge in [-0.15, -0.1) is 0 Å². The van der Waals surface area contributed by atoms with E-state index in [1.165, 1.54) is 0 Å². The van der Waals surface area contributed by atoms with Crippen LogP contribution in [-0.2, 0) is 22.0 Å². The molecule has 9 heteroatoms. The van der Waals surface area contributed by atoms with Gasteiger partial charge in [0.2, 0.25) is 5.78 Å². The van der Waals surface area contributed by atoms with Crippen LogP contribution in [0.2, 0.25) is 10.0 Å². The highest BCUT2D eigenvalue weighted by Crippen LogP contribution is 2.31. The van der Waals surface area contributed by atoms with E-state index in [-0.39, 0.29) is 18.9 Å². The van der Waals surface area contributed by atoms with Crippen LogP contribution in [-0.4, -0.2) is 34.3 Å². The molecule has 0 spiro atoms. The van der Waals surface area contributed by atoms with Gasteiger partial charge in [0.05, 0.1) is 12.4 Å². The van der Waals surface area contributed by atoms with Crippen LogP contribution in [0.1, 0.15) is 41.9 Å². The van der Waals surface area contributed by atoms with Gasteiger partial charge in [-0.3, -0.25) is 9.00 Å². The first-order chi connectivity index (χ1) is 17.6. The number of ketones is 1. The molecule has 0 aliphatic carbocycles. The first-order valence-corrected chi connectivity index (χ1v) is 14.0. The van der Waals surface area contributed by atoms with E-state index in [2.05, 4.69) is 0 Å². The third-order valence-corrected chi connectivity index (χ3v) is 7.74. The maximum atomic E-state index is 12.5. The molecule has 0 heterocycles. The second-order valence-electron chi connectivity index (χ2n) is 8.56. The van der Waals surface area contributed by atoms with Gasteiger partial charge < -0.3 is 4.74 Å². The average molecular weight is 571 g/mol. The molecule has 37 heavy (non-hydrogen) atoms. The second kappa shape index (κ2) is 14.0. The van der Waals surface area contributed by atoms with E-state index >= 15 is 0 Å². The lowest BCUT2D eigenvalue weighted by molar-refractivity contribution is -0.171. The summed E-state index contributed by atoms with van der Waals surface area (Å²) < 4.78 is 55.1. The molecule has 3 aromatic rings. The number of aryl methyl sites for hydroxylation is 1. The van der Waals surface area contributed by atoms with Gasteiger partial charge in [0.15, 0.2) is 0 Å². The van der Waals surface area contributed by atoms with E-state index < -0.39 is 29.2 Å². The van der Waals surface area contributed by atoms with Gasteiger partial charge >= 0.3 is 6.18 Å². The molecule has 1 unspecified atom stereocenters. The molecule has 0 aromatic heterocycles. The number of carbonyl (C=O) groups is 1. The Labute approximate surface area is 227 Å². The summed E-state index contributed by atoms with van der Waals surface area (Å²) in [4.78, 5) is 11.0. The monoisotopic (exact) mass is 570 g/mol. The van der Waals surface area contributed by atoms with Crippen LogP contribution >= 0.6 is 23.2 Å². The number of alkyl halides is 3. The molecule has 0 radical (unpaired) electrons. The average Bonchev–Trinajstić information content (AvgIpc) is 2.87. The Morgan fingerprint density at radius 2 is 1.38 bits per heavy atom. The highest BCUT2D eigenvalue weighted by atomic mass is 35.5. The highest BCUT2D eigenvalue weighted by molar-refractivity contribution is 7.84. The standard InChI is InChI=1S/C28H27Cl2F3O3S/c29-23-10-6-21(7-11-23)26(22-8-12-24(30)13-9-22)2-1-18-37(35)19-17-36-25-14-3-20(4-15-25)5-16-27(34)28(31,32)33/h3-4,6-15,26H,1-2,5,16-19H2. The van der Waals surface area contributed by atoms with Crippen LogP contribution in [0.3, 0.4) is 0 Å². The normalized spacial score (nSPS) is 12.5. The predicted molar refractivity (Wildman–Crippen MR) is 143 cm³/mol. The maximum absolute atomic E-state index is 12.5. The number of ether oxygens (including phenoxy) is 1. The third-order valence-electron chi connectivity index (χ3n) is 5.87. The van der Waals surface area contributed by atoms with Gasteiger partial charge in [0, 0.05) is 38.9 Å². The van der Waals surface area contributed by atoms with Crippen LogP contribution in [0.5, 0.6) is 5.75 Å². The Kier molecular flexibility index (Phi) is 11.0. The summed E-state index contributed by atoms with van der Waals surface area (Å²) in [5.74, 6) is -0.161. The van der Waals surface area contributed by atoms with Crippen molar-refractivity contribution in [3.63, 3.8) is 0 Å². The number of hydrogen-bond acceptors (Lipinski definition) is 3. The van der Waals surface area contributed by atoms with Crippen molar-refractivity contribution < 1.29 is 26.9 Å². The Bertz CT molecular complexity index is 1120. The Morgan fingerprint density at radius 3 is 1.89 bits per heavy atom. The van der Waals surface area contributed by atoms with E-state index in [0.29, 0.717) is 32.9 Å². The van der Waals surface area contributed by atoms with Crippen molar-refractivity contribution in [3.8, 4) is 5.75 Å². The SMILES string of the molecule is O=C(CCc1ccc(OCCS(=O)CCCC(c2ccc(Cl)cc2)c2ccc(Cl)cc2)cc1)C(F)(F)F. The number of carbonyl (C=O) groups excluding carboxylic acids is 1. The lowest BCUT2D eigenvalue weighted by Gasteiger charge is -2.18. The van der Waals surface area contributed by atoms with E-state index in [1.54, 1.807) is 24.3 Å². The minimum Gasteiger partial charge on any atom is -0.493 e. The molecular formula is C28H27Cl2F3O3S. The minimum absolute atomic E-state index is 0.00960. The molecule has 3 nitrogen and oxygen atoms in total. The number of Topliss-reactive ketones (excluding diaryl/α,β-unsaturated/α-hetero) is 1. The van der Waals surface area contributed by atoms with Gasteiger partial charge in [-0.05, 0) is 72.4 Å². The molecule has 198 valence electrons. The largest absolute Gasteiger partial charge is 0.493 e. The summed E-state index contributed by atoms with van der Waals surface area (Å²) in [5.41, 5.74) is 2.88. The number of halogens is 5. The van der Waals surface area contributed by atoms with Crippen molar-refractivity contribution in [3.05, 3.63) is 99.5 Å². The molecule has 0 bridgehead atoms. The van der Waals surface area contributed by atoms with Gasteiger partial charge in [-0.1, -0.05) is 59.6 Å². The van der Waals surface area contributed by atoms with Crippen molar-refractivity contribution in [2.75, 3.05) is 18.1 Å². The van der Waals surface area contributed by atoms with Gasteiger partial charge in [-0.2, -0.15) is 13.2 Å². The number of hydrogen-bond donors (Lipinski definition) is 0. The van der Waals surface area contributed by atoms with Crippen molar-refractivity contribution in [1.82, 2.24) is 0 Å². The summed E-state index contributed by atoms with van der Waals surface area (Å²) in [5, 5.41) is 1.34. The molecule has 0 aliphatic heterocycles. The molecule has 1 atom stereocenters. The Morgan fingerprint density at radius 1 is 0.838 bits per heavy atom. The van der Waals surface area contributed by atoms with Gasteiger partial charge in [-0.25, -0.2) is 0 Å².